The van der Waals surface area contributed by atoms with E-state index in [0.717, 1.165) is 12.3 Å². The molecular weight excluding hydrogens is 450 g/mol. The summed E-state index contributed by atoms with van der Waals surface area (Å²) in [5.41, 5.74) is 1.50. The van der Waals surface area contributed by atoms with Gasteiger partial charge in [-0.25, -0.2) is 4.79 Å². The molecular formula is C24H26ClNO5S. The van der Waals surface area contributed by atoms with Crippen LogP contribution in [0.1, 0.15) is 49.4 Å². The molecule has 0 saturated heterocycles. The Bertz CT molecular complexity index is 1020. The van der Waals surface area contributed by atoms with Gasteiger partial charge in [-0.1, -0.05) is 36.2 Å². The van der Waals surface area contributed by atoms with Gasteiger partial charge >= 0.3 is 11.9 Å². The predicted molar refractivity (Wildman–Crippen MR) is 124 cm³/mol. The van der Waals surface area contributed by atoms with Gasteiger partial charge in [0.05, 0.1) is 6.61 Å². The standard InChI is InChI=1S/C24H26ClNO5S/c1-2-30-24(29)22-18(17-5-3-4-6-19(17)25)13-32-23(22)26-20(27)12-31-21(28)11-16-10-14-7-8-15(16)9-14/h3-6,13-16H,2,7-12H2,1H3,(H,26,27). The van der Waals surface area contributed by atoms with Crippen LogP contribution < -0.4 is 5.32 Å². The quantitative estimate of drug-likeness (QED) is 0.506. The molecule has 4 rings (SSSR count). The lowest BCUT2D eigenvalue weighted by Gasteiger charge is -2.20. The smallest absolute Gasteiger partial charge is 0.341 e. The van der Waals surface area contributed by atoms with Crippen LogP contribution in [0.3, 0.4) is 0 Å². The van der Waals surface area contributed by atoms with Gasteiger partial charge in [0.25, 0.3) is 5.91 Å². The monoisotopic (exact) mass is 475 g/mol. The van der Waals surface area contributed by atoms with Crippen molar-refractivity contribution in [3.63, 3.8) is 0 Å². The molecule has 2 aliphatic carbocycles. The van der Waals surface area contributed by atoms with Gasteiger partial charge in [-0.3, -0.25) is 9.59 Å². The average Bonchev–Trinajstić information content (AvgIpc) is 3.49. The molecule has 0 spiro atoms. The third-order valence-corrected chi connectivity index (χ3v) is 7.59. The van der Waals surface area contributed by atoms with Crippen molar-refractivity contribution in [1.82, 2.24) is 0 Å². The van der Waals surface area contributed by atoms with Gasteiger partial charge in [-0.15, -0.1) is 11.3 Å². The van der Waals surface area contributed by atoms with Crippen LogP contribution >= 0.6 is 22.9 Å². The van der Waals surface area contributed by atoms with E-state index < -0.39 is 11.9 Å². The molecule has 2 aromatic rings. The van der Waals surface area contributed by atoms with Gasteiger partial charge in [0.15, 0.2) is 6.61 Å². The van der Waals surface area contributed by atoms with Crippen molar-refractivity contribution >= 4 is 45.8 Å². The summed E-state index contributed by atoms with van der Waals surface area (Å²) in [5.74, 6) is 0.384. The second-order valence-electron chi connectivity index (χ2n) is 8.40. The first-order valence-electron chi connectivity index (χ1n) is 10.9. The molecule has 3 atom stereocenters. The van der Waals surface area contributed by atoms with Crippen LogP contribution in [0.5, 0.6) is 0 Å². The summed E-state index contributed by atoms with van der Waals surface area (Å²) in [5, 5.41) is 5.28. The maximum atomic E-state index is 12.6. The lowest BCUT2D eigenvalue weighted by Crippen LogP contribution is -2.23. The molecule has 1 N–H and O–H groups in total. The zero-order valence-electron chi connectivity index (χ0n) is 17.9. The highest BCUT2D eigenvalue weighted by Crippen LogP contribution is 2.49. The largest absolute Gasteiger partial charge is 0.462 e. The fourth-order valence-electron chi connectivity index (χ4n) is 4.94. The number of benzene rings is 1. The molecule has 2 bridgehead atoms. The van der Waals surface area contributed by atoms with Crippen molar-refractivity contribution in [2.75, 3.05) is 18.5 Å². The van der Waals surface area contributed by atoms with E-state index in [0.29, 0.717) is 39.4 Å². The molecule has 2 fully saturated rings. The van der Waals surface area contributed by atoms with E-state index in [1.54, 1.807) is 30.5 Å². The highest BCUT2D eigenvalue weighted by Gasteiger charge is 2.40. The molecule has 1 aromatic heterocycles. The Balaban J connectivity index is 1.40. The van der Waals surface area contributed by atoms with Crippen LogP contribution in [-0.4, -0.2) is 31.1 Å². The first kappa shape index (κ1) is 22.8. The number of anilines is 1. The first-order chi connectivity index (χ1) is 15.5. The van der Waals surface area contributed by atoms with Crippen molar-refractivity contribution in [3.05, 3.63) is 40.2 Å². The van der Waals surface area contributed by atoms with Crippen LogP contribution in [0.4, 0.5) is 5.00 Å². The highest BCUT2D eigenvalue weighted by molar-refractivity contribution is 7.15. The Hall–Kier alpha value is -2.38. The van der Waals surface area contributed by atoms with E-state index in [1.807, 2.05) is 6.07 Å². The van der Waals surface area contributed by atoms with Crippen LogP contribution in [0, 0.1) is 17.8 Å². The summed E-state index contributed by atoms with van der Waals surface area (Å²) >= 11 is 7.51. The van der Waals surface area contributed by atoms with Crippen LogP contribution in [0.25, 0.3) is 11.1 Å². The van der Waals surface area contributed by atoms with Gasteiger partial charge in [0.2, 0.25) is 0 Å². The molecule has 1 aromatic carbocycles. The molecule has 6 nitrogen and oxygen atoms in total. The van der Waals surface area contributed by atoms with E-state index in [2.05, 4.69) is 5.32 Å². The number of fused-ring (bicyclic) bond motifs is 2. The van der Waals surface area contributed by atoms with E-state index in [9.17, 15) is 14.4 Å². The minimum absolute atomic E-state index is 0.199. The third kappa shape index (κ3) is 4.99. The molecule has 0 radical (unpaired) electrons. The summed E-state index contributed by atoms with van der Waals surface area (Å²) in [6, 6.07) is 7.16. The van der Waals surface area contributed by atoms with Crippen LogP contribution in [0.2, 0.25) is 5.02 Å². The lowest BCUT2D eigenvalue weighted by molar-refractivity contribution is -0.148. The van der Waals surface area contributed by atoms with Crippen molar-refractivity contribution in [3.8, 4) is 11.1 Å². The summed E-state index contributed by atoms with van der Waals surface area (Å²) in [4.78, 5) is 37.3. The molecule has 1 heterocycles. The maximum Gasteiger partial charge on any atom is 0.341 e. The number of halogens is 1. The second-order valence-corrected chi connectivity index (χ2v) is 9.69. The van der Waals surface area contributed by atoms with Crippen LogP contribution in [-0.2, 0) is 19.1 Å². The summed E-state index contributed by atoms with van der Waals surface area (Å²) in [6.45, 7) is 1.53. The number of thiophene rings is 1. The Morgan fingerprint density at radius 2 is 1.94 bits per heavy atom. The molecule has 2 aliphatic rings. The number of carbonyl (C=O) groups is 3. The van der Waals surface area contributed by atoms with Gasteiger partial charge in [0, 0.05) is 28.0 Å². The first-order valence-corrected chi connectivity index (χ1v) is 12.2. The van der Waals surface area contributed by atoms with Crippen molar-refractivity contribution in [2.24, 2.45) is 17.8 Å². The molecule has 0 aliphatic heterocycles. The zero-order valence-corrected chi connectivity index (χ0v) is 19.5. The van der Waals surface area contributed by atoms with Crippen molar-refractivity contribution < 1.29 is 23.9 Å². The van der Waals surface area contributed by atoms with E-state index in [1.165, 1.54) is 30.6 Å². The SMILES string of the molecule is CCOC(=O)c1c(-c2ccccc2Cl)csc1NC(=O)COC(=O)CC1CC2CCC1C2. The number of nitrogens with one attached hydrogen (secondary N) is 1. The third-order valence-electron chi connectivity index (χ3n) is 6.37. The second kappa shape index (κ2) is 10.0. The number of hydrogen-bond acceptors (Lipinski definition) is 6. The van der Waals surface area contributed by atoms with E-state index in [4.69, 9.17) is 21.1 Å². The van der Waals surface area contributed by atoms with Crippen molar-refractivity contribution in [2.45, 2.75) is 39.0 Å². The number of esters is 2. The molecule has 32 heavy (non-hydrogen) atoms. The number of carbonyl (C=O) groups excluding carboxylic acids is 3. The van der Waals surface area contributed by atoms with Crippen LogP contribution in [0.15, 0.2) is 29.6 Å². The Labute approximate surface area is 196 Å². The normalized spacial score (nSPS) is 21.4. The molecule has 8 heteroatoms. The lowest BCUT2D eigenvalue weighted by atomic mass is 9.86. The Morgan fingerprint density at radius 3 is 2.62 bits per heavy atom. The zero-order chi connectivity index (χ0) is 22.7. The minimum Gasteiger partial charge on any atom is -0.462 e. The number of ether oxygens (including phenoxy) is 2. The molecule has 2 saturated carbocycles. The molecule has 3 unspecified atom stereocenters. The average molecular weight is 476 g/mol. The number of amides is 1. The van der Waals surface area contributed by atoms with Gasteiger partial charge in [-0.2, -0.15) is 0 Å². The predicted octanol–water partition coefficient (Wildman–Crippen LogP) is 5.55. The Kier molecular flexibility index (Phi) is 7.16. The highest BCUT2D eigenvalue weighted by atomic mass is 35.5. The van der Waals surface area contributed by atoms with Crippen molar-refractivity contribution in [1.29, 1.82) is 0 Å². The van der Waals surface area contributed by atoms with Gasteiger partial charge < -0.3 is 14.8 Å². The topological polar surface area (TPSA) is 81.7 Å². The minimum atomic E-state index is -0.549. The summed E-state index contributed by atoms with van der Waals surface area (Å²) in [6.07, 6.45) is 5.17. The number of rotatable bonds is 8. The fraction of sp³-hybridized carbons (Fsp3) is 0.458. The summed E-state index contributed by atoms with van der Waals surface area (Å²) < 4.78 is 10.4. The van der Waals surface area contributed by atoms with Gasteiger partial charge in [-0.05, 0) is 50.0 Å². The van der Waals surface area contributed by atoms with E-state index >= 15 is 0 Å². The molecule has 1 amide bonds. The van der Waals surface area contributed by atoms with Gasteiger partial charge in [0.1, 0.15) is 10.6 Å². The molecule has 170 valence electrons. The maximum absolute atomic E-state index is 12.6. The fourth-order valence-corrected chi connectivity index (χ4v) is 6.14. The van der Waals surface area contributed by atoms with E-state index in [-0.39, 0.29) is 24.7 Å². The number of hydrogen-bond donors (Lipinski definition) is 1. The Morgan fingerprint density at radius 1 is 1.12 bits per heavy atom. The summed E-state index contributed by atoms with van der Waals surface area (Å²) in [7, 11) is 0.